The van der Waals surface area contributed by atoms with Crippen LogP contribution in [0.5, 0.6) is 0 Å². The molecule has 1 atom stereocenters. The van der Waals surface area contributed by atoms with E-state index < -0.39 is 24.9 Å². The van der Waals surface area contributed by atoms with Crippen molar-refractivity contribution in [1.29, 1.82) is 0 Å². The summed E-state index contributed by atoms with van der Waals surface area (Å²) in [5.41, 5.74) is 0. The van der Waals surface area contributed by atoms with E-state index in [2.05, 4.69) is 9.15 Å². The molecule has 84 valence electrons. The van der Waals surface area contributed by atoms with Gasteiger partial charge in [-0.1, -0.05) is 0 Å². The topological polar surface area (TPSA) is 59.7 Å². The van der Waals surface area contributed by atoms with E-state index >= 15 is 0 Å². The van der Waals surface area contributed by atoms with Crippen LogP contribution in [0.4, 0.5) is 13.2 Å². The Morgan fingerprint density at radius 1 is 1.60 bits per heavy atom. The van der Waals surface area contributed by atoms with Crippen LogP contribution in [-0.2, 0) is 4.74 Å². The maximum Gasteiger partial charge on any atom is 0.417 e. The second-order valence-corrected chi connectivity index (χ2v) is 2.63. The predicted molar refractivity (Wildman–Crippen MR) is 41.1 cm³/mol. The van der Waals surface area contributed by atoms with Crippen LogP contribution in [0.3, 0.4) is 0 Å². The molecule has 0 aliphatic heterocycles. The third kappa shape index (κ3) is 3.28. The molecule has 0 aliphatic carbocycles. The quantitative estimate of drug-likeness (QED) is 0.787. The molecule has 0 spiro atoms. The van der Waals surface area contributed by atoms with E-state index in [0.717, 1.165) is 0 Å². The molecule has 4 nitrogen and oxygen atoms in total. The van der Waals surface area contributed by atoms with Gasteiger partial charge in [0.25, 0.3) is 0 Å². The number of halogens is 3. The number of esters is 1. The maximum absolute atomic E-state index is 11.8. The van der Waals surface area contributed by atoms with Gasteiger partial charge in [-0.25, -0.2) is 4.79 Å². The maximum atomic E-state index is 11.8. The first-order chi connectivity index (χ1) is 6.91. The number of aliphatic hydroxyl groups is 1. The minimum atomic E-state index is -4.80. The van der Waals surface area contributed by atoms with E-state index in [9.17, 15) is 18.0 Å². The van der Waals surface area contributed by atoms with Gasteiger partial charge in [-0.05, 0) is 12.1 Å². The lowest BCUT2D eigenvalue weighted by Gasteiger charge is -2.13. The summed E-state index contributed by atoms with van der Waals surface area (Å²) >= 11 is 0. The first-order valence-corrected chi connectivity index (χ1v) is 3.86. The number of furan rings is 1. The average molecular weight is 224 g/mol. The minimum absolute atomic E-state index is 0.218. The molecule has 0 bridgehead atoms. The van der Waals surface area contributed by atoms with Crippen molar-refractivity contribution >= 4 is 5.97 Å². The number of alkyl halides is 3. The Labute approximate surface area is 82.3 Å². The average Bonchev–Trinajstić information content (AvgIpc) is 2.64. The standard InChI is InChI=1S/C8H7F3O4/c9-8(10,11)6(12)4-15-7(13)5-2-1-3-14-5/h1-3,6,12H,4H2. The Balaban J connectivity index is 2.42. The second kappa shape index (κ2) is 4.35. The number of carbonyl (C=O) groups excluding carboxylic acids is 1. The Morgan fingerprint density at radius 2 is 2.27 bits per heavy atom. The van der Waals surface area contributed by atoms with Crippen LogP contribution in [0.15, 0.2) is 22.8 Å². The zero-order valence-corrected chi connectivity index (χ0v) is 7.32. The molecule has 1 N–H and O–H groups in total. The fourth-order valence-electron chi connectivity index (χ4n) is 0.715. The molecule has 1 heterocycles. The van der Waals surface area contributed by atoms with Gasteiger partial charge in [0.2, 0.25) is 5.76 Å². The molecule has 1 rings (SSSR count). The molecule has 0 saturated heterocycles. The van der Waals surface area contributed by atoms with Gasteiger partial charge < -0.3 is 14.3 Å². The summed E-state index contributed by atoms with van der Waals surface area (Å²) in [6, 6.07) is 2.62. The van der Waals surface area contributed by atoms with Crippen molar-refractivity contribution in [2.24, 2.45) is 0 Å². The molecular formula is C8H7F3O4. The van der Waals surface area contributed by atoms with Gasteiger partial charge in [-0.3, -0.25) is 0 Å². The van der Waals surface area contributed by atoms with Gasteiger partial charge in [0.15, 0.2) is 6.10 Å². The van der Waals surface area contributed by atoms with E-state index in [1.807, 2.05) is 0 Å². The lowest BCUT2D eigenvalue weighted by Crippen LogP contribution is -2.33. The minimum Gasteiger partial charge on any atom is -0.457 e. The highest BCUT2D eigenvalue weighted by Gasteiger charge is 2.39. The summed E-state index contributed by atoms with van der Waals surface area (Å²) in [7, 11) is 0. The van der Waals surface area contributed by atoms with Crippen LogP contribution in [0, 0.1) is 0 Å². The summed E-state index contributed by atoms with van der Waals surface area (Å²) in [6.45, 7) is -1.15. The van der Waals surface area contributed by atoms with Crippen LogP contribution in [0.2, 0.25) is 0 Å². The highest BCUT2D eigenvalue weighted by molar-refractivity contribution is 5.86. The number of ether oxygens (including phenoxy) is 1. The Kier molecular flexibility index (Phi) is 3.35. The number of aliphatic hydroxyl groups excluding tert-OH is 1. The molecule has 15 heavy (non-hydrogen) atoms. The van der Waals surface area contributed by atoms with Crippen molar-refractivity contribution in [2.75, 3.05) is 6.61 Å². The Hall–Kier alpha value is -1.50. The number of hydrogen-bond acceptors (Lipinski definition) is 4. The van der Waals surface area contributed by atoms with Crippen LogP contribution in [0.1, 0.15) is 10.6 Å². The fourth-order valence-corrected chi connectivity index (χ4v) is 0.715. The van der Waals surface area contributed by atoms with E-state index in [1.54, 1.807) is 0 Å². The van der Waals surface area contributed by atoms with Crippen LogP contribution < -0.4 is 0 Å². The molecule has 1 unspecified atom stereocenters. The lowest BCUT2D eigenvalue weighted by atomic mass is 10.4. The monoisotopic (exact) mass is 224 g/mol. The molecule has 0 aliphatic rings. The molecule has 0 radical (unpaired) electrons. The van der Waals surface area contributed by atoms with E-state index in [1.165, 1.54) is 18.4 Å². The summed E-state index contributed by atoms with van der Waals surface area (Å²) in [6.07, 6.45) is -6.31. The summed E-state index contributed by atoms with van der Waals surface area (Å²) in [5, 5.41) is 8.50. The molecule has 0 amide bonds. The zero-order chi connectivity index (χ0) is 11.5. The van der Waals surface area contributed by atoms with Crippen molar-refractivity contribution in [3.05, 3.63) is 24.2 Å². The van der Waals surface area contributed by atoms with E-state index in [-0.39, 0.29) is 5.76 Å². The van der Waals surface area contributed by atoms with E-state index in [4.69, 9.17) is 5.11 Å². The molecule has 7 heteroatoms. The largest absolute Gasteiger partial charge is 0.457 e. The summed E-state index contributed by atoms with van der Waals surface area (Å²) in [4.78, 5) is 10.9. The third-order valence-corrected chi connectivity index (χ3v) is 1.47. The molecule has 1 aromatic heterocycles. The van der Waals surface area contributed by atoms with Crippen LogP contribution in [-0.4, -0.2) is 30.0 Å². The predicted octanol–water partition coefficient (Wildman–Crippen LogP) is 1.36. The second-order valence-electron chi connectivity index (χ2n) is 2.63. The van der Waals surface area contributed by atoms with Gasteiger partial charge in [0, 0.05) is 0 Å². The summed E-state index contributed by atoms with van der Waals surface area (Å²) < 4.78 is 44.1. The third-order valence-electron chi connectivity index (χ3n) is 1.47. The highest BCUT2D eigenvalue weighted by Crippen LogP contribution is 2.20. The Bertz CT molecular complexity index is 317. The van der Waals surface area contributed by atoms with Crippen molar-refractivity contribution in [3.63, 3.8) is 0 Å². The number of rotatable bonds is 3. The smallest absolute Gasteiger partial charge is 0.417 e. The van der Waals surface area contributed by atoms with Gasteiger partial charge in [-0.2, -0.15) is 13.2 Å². The molecule has 0 saturated carbocycles. The van der Waals surface area contributed by atoms with Gasteiger partial charge in [0.1, 0.15) is 6.61 Å². The normalized spacial score (nSPS) is 13.6. The summed E-state index contributed by atoms with van der Waals surface area (Å²) in [5.74, 6) is -1.27. The first-order valence-electron chi connectivity index (χ1n) is 3.86. The van der Waals surface area contributed by atoms with Crippen molar-refractivity contribution in [3.8, 4) is 0 Å². The molecule has 1 aromatic rings. The Morgan fingerprint density at radius 3 is 2.73 bits per heavy atom. The van der Waals surface area contributed by atoms with Crippen LogP contribution in [0.25, 0.3) is 0 Å². The molecule has 0 fully saturated rings. The highest BCUT2D eigenvalue weighted by atomic mass is 19.4. The van der Waals surface area contributed by atoms with Gasteiger partial charge >= 0.3 is 12.1 Å². The fraction of sp³-hybridized carbons (Fsp3) is 0.375. The van der Waals surface area contributed by atoms with E-state index in [0.29, 0.717) is 0 Å². The zero-order valence-electron chi connectivity index (χ0n) is 7.32. The number of hydrogen-bond donors (Lipinski definition) is 1. The molecule has 0 aromatic carbocycles. The first kappa shape index (κ1) is 11.6. The van der Waals surface area contributed by atoms with Crippen molar-refractivity contribution in [2.45, 2.75) is 12.3 Å². The number of carbonyl (C=O) groups is 1. The van der Waals surface area contributed by atoms with Gasteiger partial charge in [0.05, 0.1) is 6.26 Å². The van der Waals surface area contributed by atoms with Crippen LogP contribution >= 0.6 is 0 Å². The van der Waals surface area contributed by atoms with Gasteiger partial charge in [-0.15, -0.1) is 0 Å². The SMILES string of the molecule is O=C(OCC(O)C(F)(F)F)c1ccco1. The van der Waals surface area contributed by atoms with Crippen molar-refractivity contribution < 1.29 is 32.2 Å². The van der Waals surface area contributed by atoms with Crippen molar-refractivity contribution in [1.82, 2.24) is 0 Å². The lowest BCUT2D eigenvalue weighted by molar-refractivity contribution is -0.212. The molecular weight excluding hydrogens is 217 g/mol.